The smallest absolute Gasteiger partial charge is 0.166 e. The normalized spacial score (nSPS) is 14.6. The molecule has 0 N–H and O–H groups in total. The van der Waals surface area contributed by atoms with Crippen LogP contribution in [0.3, 0.4) is 0 Å². The Morgan fingerprint density at radius 1 is 1.11 bits per heavy atom. The van der Waals surface area contributed by atoms with E-state index >= 15 is 0 Å². The second-order valence-electron chi connectivity index (χ2n) is 5.53. The van der Waals surface area contributed by atoms with Gasteiger partial charge < -0.3 is 0 Å². The lowest BCUT2D eigenvalue weighted by Crippen LogP contribution is -2.21. The molecule has 0 fully saturated rings. The van der Waals surface area contributed by atoms with Gasteiger partial charge in [-0.1, -0.05) is 54.9 Å². The quantitative estimate of drug-likeness (QED) is 0.649. The van der Waals surface area contributed by atoms with Gasteiger partial charge in [0.15, 0.2) is 0 Å². The highest BCUT2D eigenvalue weighted by Crippen LogP contribution is 2.34. The number of aryl methyl sites for hydroxylation is 1. The van der Waals surface area contributed by atoms with Crippen molar-refractivity contribution in [3.63, 3.8) is 0 Å². The average Bonchev–Trinajstić information content (AvgIpc) is 2.23. The molecule has 1 unspecified atom stereocenters. The zero-order valence-electron chi connectivity index (χ0n) is 10.8. The Morgan fingerprint density at radius 2 is 1.67 bits per heavy atom. The zero-order chi connectivity index (χ0) is 14.0. The van der Waals surface area contributed by atoms with Crippen LogP contribution in [0.5, 0.6) is 0 Å². The van der Waals surface area contributed by atoms with Crippen LogP contribution in [0.2, 0.25) is 0 Å². The highest BCUT2D eigenvalue weighted by Gasteiger charge is 2.33. The van der Waals surface area contributed by atoms with Gasteiger partial charge in [-0.2, -0.15) is 13.2 Å². The molecule has 0 aliphatic heterocycles. The van der Waals surface area contributed by atoms with Crippen molar-refractivity contribution >= 4 is 15.9 Å². The fourth-order valence-electron chi connectivity index (χ4n) is 1.73. The molecule has 0 bridgehead atoms. The summed E-state index contributed by atoms with van der Waals surface area (Å²) in [6, 6.07) is 5.80. The highest BCUT2D eigenvalue weighted by atomic mass is 79.9. The Labute approximate surface area is 115 Å². The molecule has 0 heterocycles. The minimum absolute atomic E-state index is 0.0488. The van der Waals surface area contributed by atoms with Gasteiger partial charge in [0.1, 0.15) is 0 Å². The van der Waals surface area contributed by atoms with Crippen LogP contribution in [0.4, 0.5) is 13.2 Å². The number of halogens is 4. The molecule has 102 valence electrons. The lowest BCUT2D eigenvalue weighted by atomic mass is 9.88. The molecule has 4 heteroatoms. The van der Waals surface area contributed by atoms with Gasteiger partial charge in [0.2, 0.25) is 0 Å². The Bertz CT molecular complexity index is 391. The predicted octanol–water partition coefficient (Wildman–Crippen LogP) is 5.45. The molecule has 0 saturated heterocycles. The molecular weight excluding hydrogens is 305 g/mol. The zero-order valence-corrected chi connectivity index (χ0v) is 12.4. The van der Waals surface area contributed by atoms with Gasteiger partial charge in [0, 0.05) is 4.83 Å². The van der Waals surface area contributed by atoms with Crippen molar-refractivity contribution in [2.45, 2.75) is 44.6 Å². The van der Waals surface area contributed by atoms with E-state index in [9.17, 15) is 13.2 Å². The fraction of sp³-hybridized carbons (Fsp3) is 0.571. The Hall–Kier alpha value is -0.510. The monoisotopic (exact) mass is 322 g/mol. The van der Waals surface area contributed by atoms with Crippen molar-refractivity contribution in [2.75, 3.05) is 0 Å². The van der Waals surface area contributed by atoms with E-state index in [1.165, 1.54) is 6.07 Å². The molecule has 1 atom stereocenters. The first-order valence-electron chi connectivity index (χ1n) is 5.91. The van der Waals surface area contributed by atoms with E-state index < -0.39 is 11.7 Å². The van der Waals surface area contributed by atoms with Crippen LogP contribution in [0, 0.1) is 5.41 Å². The molecule has 0 saturated carbocycles. The van der Waals surface area contributed by atoms with Crippen molar-refractivity contribution < 1.29 is 13.2 Å². The second kappa shape index (κ2) is 5.64. The fourth-order valence-corrected chi connectivity index (χ4v) is 1.96. The summed E-state index contributed by atoms with van der Waals surface area (Å²) in [4.78, 5) is 0.200. The molecule has 0 nitrogen and oxygen atoms in total. The molecule has 0 radical (unpaired) electrons. The van der Waals surface area contributed by atoms with Gasteiger partial charge in [0.05, 0.1) is 5.56 Å². The molecule has 0 spiro atoms. The van der Waals surface area contributed by atoms with Gasteiger partial charge in [-0.3, -0.25) is 0 Å². The van der Waals surface area contributed by atoms with E-state index in [2.05, 4.69) is 36.7 Å². The van der Waals surface area contributed by atoms with Crippen molar-refractivity contribution in [3.8, 4) is 0 Å². The first-order valence-corrected chi connectivity index (χ1v) is 6.83. The first kappa shape index (κ1) is 15.5. The van der Waals surface area contributed by atoms with Crippen LogP contribution in [-0.2, 0) is 12.6 Å². The summed E-state index contributed by atoms with van der Waals surface area (Å²) in [5.74, 6) is 0. The largest absolute Gasteiger partial charge is 0.416 e. The number of benzene rings is 1. The lowest BCUT2D eigenvalue weighted by Gasteiger charge is -2.25. The van der Waals surface area contributed by atoms with E-state index in [4.69, 9.17) is 0 Å². The van der Waals surface area contributed by atoms with Gasteiger partial charge in [-0.25, -0.2) is 0 Å². The number of alkyl halides is 4. The van der Waals surface area contributed by atoms with Crippen LogP contribution >= 0.6 is 15.9 Å². The van der Waals surface area contributed by atoms with Gasteiger partial charge in [-0.05, 0) is 29.9 Å². The van der Waals surface area contributed by atoms with Crippen LogP contribution in [0.15, 0.2) is 24.3 Å². The maximum atomic E-state index is 12.8. The Balaban J connectivity index is 2.80. The predicted molar refractivity (Wildman–Crippen MR) is 71.9 cm³/mol. The topological polar surface area (TPSA) is 0 Å². The number of rotatable bonds is 3. The summed E-state index contributed by atoms with van der Waals surface area (Å²) in [5, 5.41) is 0. The molecule has 1 rings (SSSR count). The summed E-state index contributed by atoms with van der Waals surface area (Å²) in [7, 11) is 0. The molecule has 0 aromatic heterocycles. The van der Waals surface area contributed by atoms with E-state index in [0.717, 1.165) is 6.07 Å². The molecule has 0 aliphatic carbocycles. The highest BCUT2D eigenvalue weighted by molar-refractivity contribution is 9.09. The number of hydrogen-bond acceptors (Lipinski definition) is 0. The maximum Gasteiger partial charge on any atom is 0.416 e. The van der Waals surface area contributed by atoms with Crippen LogP contribution in [0.1, 0.15) is 38.3 Å². The van der Waals surface area contributed by atoms with E-state index in [-0.39, 0.29) is 10.2 Å². The van der Waals surface area contributed by atoms with Crippen molar-refractivity contribution in [3.05, 3.63) is 35.4 Å². The SMILES string of the molecule is CC(C)(C)C(Br)CCc1ccccc1C(F)(F)F. The third-order valence-electron chi connectivity index (χ3n) is 2.93. The van der Waals surface area contributed by atoms with E-state index in [1.807, 2.05) is 0 Å². The maximum absolute atomic E-state index is 12.8. The van der Waals surface area contributed by atoms with Crippen LogP contribution in [0.25, 0.3) is 0 Å². The summed E-state index contributed by atoms with van der Waals surface area (Å²) in [5.41, 5.74) is -0.0926. The lowest BCUT2D eigenvalue weighted by molar-refractivity contribution is -0.138. The minimum atomic E-state index is -4.26. The molecule has 0 amide bonds. The second-order valence-corrected chi connectivity index (χ2v) is 6.63. The summed E-state index contributed by atoms with van der Waals surface area (Å²) in [6.07, 6.45) is -3.14. The van der Waals surface area contributed by atoms with E-state index in [0.29, 0.717) is 18.4 Å². The van der Waals surface area contributed by atoms with Crippen molar-refractivity contribution in [1.29, 1.82) is 0 Å². The minimum Gasteiger partial charge on any atom is -0.166 e. The average molecular weight is 323 g/mol. The molecule has 0 aliphatic rings. The van der Waals surface area contributed by atoms with Gasteiger partial charge in [-0.15, -0.1) is 0 Å². The third-order valence-corrected chi connectivity index (χ3v) is 4.76. The van der Waals surface area contributed by atoms with Gasteiger partial charge in [0.25, 0.3) is 0 Å². The molecular formula is C14H18BrF3. The molecule has 18 heavy (non-hydrogen) atoms. The Kier molecular flexibility index (Phi) is 4.87. The Morgan fingerprint density at radius 3 is 2.17 bits per heavy atom. The number of hydrogen-bond donors (Lipinski definition) is 0. The van der Waals surface area contributed by atoms with Crippen molar-refractivity contribution in [1.82, 2.24) is 0 Å². The summed E-state index contributed by atoms with van der Waals surface area (Å²) >= 11 is 3.55. The molecule has 1 aromatic rings. The molecule has 1 aromatic carbocycles. The van der Waals surface area contributed by atoms with E-state index in [1.54, 1.807) is 12.1 Å². The first-order chi connectivity index (χ1) is 8.12. The summed E-state index contributed by atoms with van der Waals surface area (Å²) in [6.45, 7) is 6.21. The van der Waals surface area contributed by atoms with Crippen LogP contribution < -0.4 is 0 Å². The summed E-state index contributed by atoms with van der Waals surface area (Å²) < 4.78 is 38.4. The van der Waals surface area contributed by atoms with Crippen molar-refractivity contribution in [2.24, 2.45) is 5.41 Å². The van der Waals surface area contributed by atoms with Gasteiger partial charge >= 0.3 is 6.18 Å². The van der Waals surface area contributed by atoms with Crippen LogP contribution in [-0.4, -0.2) is 4.83 Å². The third kappa shape index (κ3) is 4.30. The standard InChI is InChI=1S/C14H18BrF3/c1-13(2,3)12(15)9-8-10-6-4-5-7-11(10)14(16,17)18/h4-7,12H,8-9H2,1-3H3.